The highest BCUT2D eigenvalue weighted by molar-refractivity contribution is 9.11. The van der Waals surface area contributed by atoms with Gasteiger partial charge >= 0.3 is 5.97 Å². The minimum Gasteiger partial charge on any atom is -0.487 e. The van der Waals surface area contributed by atoms with Gasteiger partial charge in [-0.05, 0) is 85.5 Å². The Balaban J connectivity index is 1.57. The Morgan fingerprint density at radius 2 is 1.74 bits per heavy atom. The van der Waals surface area contributed by atoms with Crippen LogP contribution in [0.2, 0.25) is 0 Å². The number of benzene rings is 3. The number of aliphatic imine (C=N–C) groups is 1. The maximum absolute atomic E-state index is 14.0. The maximum Gasteiger partial charge on any atom is 0.363 e. The van der Waals surface area contributed by atoms with Crippen LogP contribution in [0.15, 0.2) is 84.8 Å². The van der Waals surface area contributed by atoms with Gasteiger partial charge in [0.1, 0.15) is 18.2 Å². The predicted octanol–water partition coefficient (Wildman–Crippen LogP) is 7.04. The quantitative estimate of drug-likeness (QED) is 0.230. The third-order valence-electron chi connectivity index (χ3n) is 4.32. The second-order valence-corrected chi connectivity index (χ2v) is 9.17. The van der Waals surface area contributed by atoms with E-state index in [-0.39, 0.29) is 17.2 Å². The Hall–Kier alpha value is -2.29. The van der Waals surface area contributed by atoms with Crippen molar-refractivity contribution in [2.45, 2.75) is 6.61 Å². The zero-order chi connectivity index (χ0) is 22.0. The van der Waals surface area contributed by atoms with Gasteiger partial charge < -0.3 is 9.47 Å². The van der Waals surface area contributed by atoms with Crippen molar-refractivity contribution in [3.8, 4) is 5.75 Å². The molecule has 0 aliphatic carbocycles. The van der Waals surface area contributed by atoms with Crippen molar-refractivity contribution in [1.29, 1.82) is 0 Å². The summed E-state index contributed by atoms with van der Waals surface area (Å²) in [5.74, 6) is -0.568. The molecule has 1 aliphatic heterocycles. The first-order valence-electron chi connectivity index (χ1n) is 9.04. The van der Waals surface area contributed by atoms with Gasteiger partial charge in [-0.15, -0.1) is 0 Å². The van der Waals surface area contributed by atoms with Crippen molar-refractivity contribution in [3.05, 3.63) is 102 Å². The Kier molecular flexibility index (Phi) is 6.69. The van der Waals surface area contributed by atoms with Gasteiger partial charge in [-0.3, -0.25) is 0 Å². The minimum absolute atomic E-state index is 0.0542. The van der Waals surface area contributed by atoms with E-state index in [4.69, 9.17) is 9.47 Å². The first kappa shape index (κ1) is 21.9. The molecule has 3 aromatic carbocycles. The van der Waals surface area contributed by atoms with Crippen molar-refractivity contribution >= 4 is 65.7 Å². The normalized spacial score (nSPS) is 14.5. The second kappa shape index (κ2) is 9.46. The summed E-state index contributed by atoms with van der Waals surface area (Å²) in [7, 11) is 0. The predicted molar refractivity (Wildman–Crippen MR) is 127 cm³/mol. The van der Waals surface area contributed by atoms with Crippen LogP contribution in [0.25, 0.3) is 6.08 Å². The zero-order valence-corrected chi connectivity index (χ0v) is 20.5. The molecule has 3 aromatic rings. The van der Waals surface area contributed by atoms with Crippen molar-refractivity contribution in [2.24, 2.45) is 4.99 Å². The van der Waals surface area contributed by atoms with Crippen LogP contribution in [0, 0.1) is 5.82 Å². The van der Waals surface area contributed by atoms with Crippen LogP contribution < -0.4 is 4.74 Å². The molecule has 0 unspecified atom stereocenters. The summed E-state index contributed by atoms with van der Waals surface area (Å²) in [6, 6.07) is 17.5. The van der Waals surface area contributed by atoms with Crippen molar-refractivity contribution < 1.29 is 18.7 Å². The lowest BCUT2D eigenvalue weighted by molar-refractivity contribution is -0.129. The number of hydrogen-bond donors (Lipinski definition) is 0. The van der Waals surface area contributed by atoms with Crippen LogP contribution in [0.3, 0.4) is 0 Å². The van der Waals surface area contributed by atoms with Gasteiger partial charge in [0.05, 0.1) is 14.5 Å². The SMILES string of the molecule is O=C1OC(c2ccccc2F)=N/C1=C\c1cc(Br)c(OCc2cccc(Br)c2)c(Br)c1. The fourth-order valence-corrected chi connectivity index (χ4v) is 4.80. The molecule has 0 bridgehead atoms. The van der Waals surface area contributed by atoms with Gasteiger partial charge in [0.15, 0.2) is 5.70 Å². The summed E-state index contributed by atoms with van der Waals surface area (Å²) in [5.41, 5.74) is 1.93. The van der Waals surface area contributed by atoms with Crippen LogP contribution in [0.4, 0.5) is 4.39 Å². The number of halogens is 4. The summed E-state index contributed by atoms with van der Waals surface area (Å²) in [6.45, 7) is 0.389. The fraction of sp³-hybridized carbons (Fsp3) is 0.0435. The van der Waals surface area contributed by atoms with E-state index in [1.165, 1.54) is 12.1 Å². The highest BCUT2D eigenvalue weighted by atomic mass is 79.9. The number of carbonyl (C=O) groups excluding carboxylic acids is 1. The number of ether oxygens (including phenoxy) is 2. The standard InChI is InChI=1S/C23H13Br3FNO3/c24-15-5-3-4-13(8-15)12-30-21-17(25)9-14(10-18(21)26)11-20-23(29)31-22(28-20)16-6-1-2-7-19(16)27/h1-11H,12H2/b20-11-. The molecule has 1 aliphatic rings. The number of esters is 1. The maximum atomic E-state index is 14.0. The number of nitrogens with zero attached hydrogens (tertiary/aromatic N) is 1. The Bertz CT molecular complexity index is 1220. The third kappa shape index (κ3) is 5.14. The van der Waals surface area contributed by atoms with Gasteiger partial charge in [-0.2, -0.15) is 0 Å². The van der Waals surface area contributed by atoms with Gasteiger partial charge in [0.2, 0.25) is 5.90 Å². The summed E-state index contributed by atoms with van der Waals surface area (Å²) < 4.78 is 27.4. The van der Waals surface area contributed by atoms with Gasteiger partial charge in [-0.25, -0.2) is 14.2 Å². The largest absolute Gasteiger partial charge is 0.487 e. The molecule has 4 rings (SSSR count). The fourth-order valence-electron chi connectivity index (χ4n) is 2.90. The first-order valence-corrected chi connectivity index (χ1v) is 11.4. The minimum atomic E-state index is -0.638. The molecule has 0 N–H and O–H groups in total. The van der Waals surface area contributed by atoms with Crippen molar-refractivity contribution in [3.63, 3.8) is 0 Å². The average Bonchev–Trinajstić information content (AvgIpc) is 3.08. The topological polar surface area (TPSA) is 47.9 Å². The molecule has 0 radical (unpaired) electrons. The molecule has 0 saturated carbocycles. The first-order chi connectivity index (χ1) is 14.9. The van der Waals surface area contributed by atoms with Gasteiger partial charge in [0.25, 0.3) is 0 Å². The molecule has 4 nitrogen and oxygen atoms in total. The molecule has 0 aromatic heterocycles. The van der Waals surface area contributed by atoms with E-state index in [2.05, 4.69) is 52.8 Å². The number of cyclic esters (lactones) is 1. The van der Waals surface area contributed by atoms with Crippen LogP contribution >= 0.6 is 47.8 Å². The smallest absolute Gasteiger partial charge is 0.363 e. The Morgan fingerprint density at radius 3 is 2.45 bits per heavy atom. The molecule has 0 atom stereocenters. The lowest BCUT2D eigenvalue weighted by Gasteiger charge is -2.12. The van der Waals surface area contributed by atoms with E-state index in [0.717, 1.165) is 10.0 Å². The molecule has 0 amide bonds. The van der Waals surface area contributed by atoms with E-state index in [0.29, 0.717) is 26.9 Å². The molecule has 31 heavy (non-hydrogen) atoms. The molecular weight excluding hydrogens is 597 g/mol. The summed E-state index contributed by atoms with van der Waals surface area (Å²) in [4.78, 5) is 16.4. The van der Waals surface area contributed by atoms with Crippen LogP contribution in [0.1, 0.15) is 16.7 Å². The number of carbonyl (C=O) groups is 1. The molecule has 0 spiro atoms. The zero-order valence-electron chi connectivity index (χ0n) is 15.7. The second-order valence-electron chi connectivity index (χ2n) is 6.55. The lowest BCUT2D eigenvalue weighted by atomic mass is 10.2. The highest BCUT2D eigenvalue weighted by Crippen LogP contribution is 2.36. The van der Waals surface area contributed by atoms with E-state index >= 15 is 0 Å². The molecule has 8 heteroatoms. The Labute approximate surface area is 203 Å². The van der Waals surface area contributed by atoms with Gasteiger partial charge in [-0.1, -0.05) is 40.2 Å². The molecule has 0 saturated heterocycles. The summed E-state index contributed by atoms with van der Waals surface area (Å²) in [5, 5.41) is 0. The monoisotopic (exact) mass is 607 g/mol. The Morgan fingerprint density at radius 1 is 1.00 bits per heavy atom. The van der Waals surface area contributed by atoms with Crippen molar-refractivity contribution in [1.82, 2.24) is 0 Å². The van der Waals surface area contributed by atoms with Crippen LogP contribution in [-0.4, -0.2) is 11.9 Å². The highest BCUT2D eigenvalue weighted by Gasteiger charge is 2.26. The van der Waals surface area contributed by atoms with Crippen LogP contribution in [0.5, 0.6) is 5.75 Å². The van der Waals surface area contributed by atoms with Crippen LogP contribution in [-0.2, 0) is 16.1 Å². The number of hydrogen-bond acceptors (Lipinski definition) is 4. The molecule has 156 valence electrons. The van der Waals surface area contributed by atoms with Gasteiger partial charge in [0, 0.05) is 4.47 Å². The molecule has 0 fully saturated rings. The van der Waals surface area contributed by atoms with E-state index in [9.17, 15) is 9.18 Å². The van der Waals surface area contributed by atoms with E-state index in [1.807, 2.05) is 24.3 Å². The number of rotatable bonds is 5. The lowest BCUT2D eigenvalue weighted by Crippen LogP contribution is -2.07. The average molecular weight is 610 g/mol. The van der Waals surface area contributed by atoms with E-state index < -0.39 is 11.8 Å². The molecular formula is C23H13Br3FNO3. The van der Waals surface area contributed by atoms with Crippen molar-refractivity contribution in [2.75, 3.05) is 0 Å². The van der Waals surface area contributed by atoms with E-state index in [1.54, 1.807) is 30.3 Å². The summed E-state index contributed by atoms with van der Waals surface area (Å²) >= 11 is 10.5. The third-order valence-corrected chi connectivity index (χ3v) is 5.99. The summed E-state index contributed by atoms with van der Waals surface area (Å²) in [6.07, 6.45) is 1.57. The molecule has 1 heterocycles.